The van der Waals surface area contributed by atoms with Crippen LogP contribution in [0.25, 0.3) is 0 Å². The molecule has 2 N–H and O–H groups in total. The molecule has 1 aromatic rings. The van der Waals surface area contributed by atoms with Crippen LogP contribution < -0.4 is 10.6 Å². The van der Waals surface area contributed by atoms with Crippen LogP contribution in [-0.4, -0.2) is 12.0 Å². The Morgan fingerprint density at radius 2 is 2.07 bits per heavy atom. The van der Waals surface area contributed by atoms with E-state index < -0.39 is 0 Å². The average Bonchev–Trinajstić information content (AvgIpc) is 2.43. The lowest BCUT2D eigenvalue weighted by Gasteiger charge is -2.18. The second kappa shape index (κ2) is 4.06. The van der Waals surface area contributed by atoms with Crippen molar-refractivity contribution >= 4 is 34.9 Å². The number of thiophene rings is 1. The van der Waals surface area contributed by atoms with Gasteiger partial charge in [-0.1, -0.05) is 0 Å². The van der Waals surface area contributed by atoms with Crippen LogP contribution in [-0.2, 0) is 0 Å². The zero-order valence-electron chi connectivity index (χ0n) is 9.34. The predicted octanol–water partition coefficient (Wildman–Crippen LogP) is 3.15. The number of rotatable bonds is 1. The highest BCUT2D eigenvalue weighted by atomic mass is 32.2. The third-order valence-corrected chi connectivity index (χ3v) is 4.36. The Morgan fingerprint density at radius 3 is 2.73 bits per heavy atom. The Hall–Kier alpha value is -0.680. The van der Waals surface area contributed by atoms with Crippen molar-refractivity contribution in [3.63, 3.8) is 0 Å². The highest BCUT2D eigenvalue weighted by molar-refractivity contribution is 8.00. The molecule has 3 nitrogen and oxygen atoms in total. The first-order valence-electron chi connectivity index (χ1n) is 4.96. The van der Waals surface area contributed by atoms with Gasteiger partial charge in [0.05, 0.1) is 5.69 Å². The third kappa shape index (κ3) is 2.13. The van der Waals surface area contributed by atoms with Crippen LogP contribution in [0.2, 0.25) is 0 Å². The van der Waals surface area contributed by atoms with Gasteiger partial charge in [-0.3, -0.25) is 0 Å². The van der Waals surface area contributed by atoms with Gasteiger partial charge in [-0.15, -0.1) is 11.3 Å². The number of aryl methyl sites for hydroxylation is 1. The van der Waals surface area contributed by atoms with Gasteiger partial charge in [0, 0.05) is 22.9 Å². The van der Waals surface area contributed by atoms with Crippen LogP contribution in [0, 0.1) is 13.8 Å². The summed E-state index contributed by atoms with van der Waals surface area (Å²) in [6.45, 7) is 8.51. The number of fused-ring (bicyclic) bond motifs is 1. The normalized spacial score (nSPS) is 14.6. The van der Waals surface area contributed by atoms with E-state index in [-0.39, 0.29) is 0 Å². The molecule has 0 amide bonds. The van der Waals surface area contributed by atoms with Crippen LogP contribution in [0.3, 0.4) is 0 Å². The summed E-state index contributed by atoms with van der Waals surface area (Å²) >= 11 is 3.36. The molecule has 15 heavy (non-hydrogen) atoms. The van der Waals surface area contributed by atoms with Crippen molar-refractivity contribution < 1.29 is 0 Å². The minimum absolute atomic E-state index is 0.401. The topological polar surface area (TPSA) is 36.4 Å². The minimum Gasteiger partial charge on any atom is -0.353 e. The van der Waals surface area contributed by atoms with Crippen molar-refractivity contribution in [2.45, 2.75) is 37.9 Å². The fourth-order valence-corrected chi connectivity index (χ4v) is 3.41. The Bertz CT molecular complexity index is 407. The standard InChI is InChI=1S/C10H15N3S2/c1-5(2)11-10-12-8-6(3)7(4)14-9(8)15-13-10/h5H,1-4H3,(H2,11,12,13). The first kappa shape index (κ1) is 10.8. The molecule has 0 aliphatic carbocycles. The number of anilines is 1. The molecule has 0 spiro atoms. The van der Waals surface area contributed by atoms with E-state index in [1.54, 1.807) is 23.3 Å². The van der Waals surface area contributed by atoms with Crippen LogP contribution in [0.4, 0.5) is 5.69 Å². The van der Waals surface area contributed by atoms with Gasteiger partial charge in [0.2, 0.25) is 5.96 Å². The lowest BCUT2D eigenvalue weighted by atomic mass is 10.2. The van der Waals surface area contributed by atoms with E-state index in [9.17, 15) is 0 Å². The van der Waals surface area contributed by atoms with Crippen molar-refractivity contribution in [2.75, 3.05) is 5.32 Å². The maximum atomic E-state index is 4.39. The molecule has 0 unspecified atom stereocenters. The summed E-state index contributed by atoms with van der Waals surface area (Å²) in [6, 6.07) is 0.401. The largest absolute Gasteiger partial charge is 0.353 e. The molecule has 2 rings (SSSR count). The molecule has 1 aliphatic heterocycles. The summed E-state index contributed by atoms with van der Waals surface area (Å²) in [7, 11) is 0. The van der Waals surface area contributed by atoms with Gasteiger partial charge in [-0.05, 0) is 33.3 Å². The Kier molecular flexibility index (Phi) is 2.93. The number of nitrogens with one attached hydrogen (secondary N) is 2. The van der Waals surface area contributed by atoms with E-state index in [0.717, 1.165) is 5.96 Å². The molecule has 82 valence electrons. The average molecular weight is 241 g/mol. The zero-order valence-corrected chi connectivity index (χ0v) is 11.0. The summed E-state index contributed by atoms with van der Waals surface area (Å²) in [5.41, 5.74) is 2.56. The van der Waals surface area contributed by atoms with Gasteiger partial charge in [0.25, 0.3) is 0 Å². The van der Waals surface area contributed by atoms with Crippen LogP contribution in [0.15, 0.2) is 8.61 Å². The van der Waals surface area contributed by atoms with Gasteiger partial charge < -0.3 is 10.6 Å². The Labute approximate surface area is 98.5 Å². The zero-order chi connectivity index (χ0) is 11.0. The summed E-state index contributed by atoms with van der Waals surface area (Å²) in [5, 5.41) is 6.63. The number of hydrogen-bond donors (Lipinski definition) is 2. The first-order valence-corrected chi connectivity index (χ1v) is 6.55. The van der Waals surface area contributed by atoms with E-state index in [4.69, 9.17) is 0 Å². The second-order valence-electron chi connectivity index (χ2n) is 3.90. The summed E-state index contributed by atoms with van der Waals surface area (Å²) in [4.78, 5) is 1.36. The van der Waals surface area contributed by atoms with Gasteiger partial charge in [-0.2, -0.15) is 4.40 Å². The van der Waals surface area contributed by atoms with Crippen LogP contribution >= 0.6 is 23.3 Å². The van der Waals surface area contributed by atoms with E-state index in [0.29, 0.717) is 6.04 Å². The number of hydrogen-bond acceptors (Lipinski definition) is 5. The molecule has 0 atom stereocenters. The van der Waals surface area contributed by atoms with Gasteiger partial charge >= 0.3 is 0 Å². The SMILES string of the molecule is Cc1sc2c(c1C)NC(NC(C)C)=NS2. The summed E-state index contributed by atoms with van der Waals surface area (Å²) in [6.07, 6.45) is 0. The molecule has 0 saturated carbocycles. The van der Waals surface area contributed by atoms with E-state index in [1.165, 1.54) is 20.3 Å². The van der Waals surface area contributed by atoms with Crippen LogP contribution in [0.5, 0.6) is 0 Å². The van der Waals surface area contributed by atoms with Gasteiger partial charge in [-0.25, -0.2) is 0 Å². The highest BCUT2D eigenvalue weighted by Crippen LogP contribution is 2.42. The molecule has 0 fully saturated rings. The maximum absolute atomic E-state index is 4.39. The molecular formula is C10H15N3S2. The van der Waals surface area contributed by atoms with Gasteiger partial charge in [0.15, 0.2) is 0 Å². The fraction of sp³-hybridized carbons (Fsp3) is 0.500. The molecule has 5 heteroatoms. The van der Waals surface area contributed by atoms with Crippen molar-refractivity contribution in [3.8, 4) is 0 Å². The fourth-order valence-electron chi connectivity index (χ4n) is 1.37. The van der Waals surface area contributed by atoms with E-state index >= 15 is 0 Å². The second-order valence-corrected chi connectivity index (χ2v) is 6.16. The quantitative estimate of drug-likeness (QED) is 0.742. The lowest BCUT2D eigenvalue weighted by Crippen LogP contribution is -2.36. The summed E-state index contributed by atoms with van der Waals surface area (Å²) in [5.74, 6) is 0.864. The molecule has 0 bridgehead atoms. The number of nitrogens with zero attached hydrogens (tertiary/aromatic N) is 1. The van der Waals surface area contributed by atoms with E-state index in [1.807, 2.05) is 0 Å². The summed E-state index contributed by atoms with van der Waals surface area (Å²) < 4.78 is 5.65. The molecule has 0 radical (unpaired) electrons. The molecule has 0 saturated heterocycles. The smallest absolute Gasteiger partial charge is 0.208 e. The minimum atomic E-state index is 0.401. The molecule has 2 heterocycles. The van der Waals surface area contributed by atoms with E-state index in [2.05, 4.69) is 42.7 Å². The molecule has 1 aromatic heterocycles. The molecule has 1 aliphatic rings. The third-order valence-electron chi connectivity index (χ3n) is 2.24. The van der Waals surface area contributed by atoms with Crippen molar-refractivity contribution in [2.24, 2.45) is 4.40 Å². The highest BCUT2D eigenvalue weighted by Gasteiger charge is 2.19. The molecule has 0 aromatic carbocycles. The van der Waals surface area contributed by atoms with Gasteiger partial charge in [0.1, 0.15) is 4.21 Å². The first-order chi connectivity index (χ1) is 7.08. The molecular weight excluding hydrogens is 226 g/mol. The monoisotopic (exact) mass is 241 g/mol. The lowest BCUT2D eigenvalue weighted by molar-refractivity contribution is 0.732. The number of guanidine groups is 1. The van der Waals surface area contributed by atoms with Crippen molar-refractivity contribution in [1.29, 1.82) is 0 Å². The van der Waals surface area contributed by atoms with Crippen LogP contribution in [0.1, 0.15) is 24.3 Å². The Morgan fingerprint density at radius 1 is 1.33 bits per heavy atom. The van der Waals surface area contributed by atoms with Crippen molar-refractivity contribution in [1.82, 2.24) is 5.32 Å². The predicted molar refractivity (Wildman–Crippen MR) is 69.0 cm³/mol. The van der Waals surface area contributed by atoms with Crippen molar-refractivity contribution in [3.05, 3.63) is 10.4 Å². The Balaban J connectivity index is 2.20. The maximum Gasteiger partial charge on any atom is 0.208 e.